The van der Waals surface area contributed by atoms with Gasteiger partial charge in [-0.05, 0) is 38.8 Å². The van der Waals surface area contributed by atoms with Gasteiger partial charge in [-0.1, -0.05) is 20.8 Å². The number of rotatable bonds is 11. The van der Waals surface area contributed by atoms with E-state index in [-0.39, 0.29) is 0 Å². The predicted molar refractivity (Wildman–Crippen MR) is 75.5 cm³/mol. The monoisotopic (exact) mass is 244 g/mol. The minimum absolute atomic E-state index is 0.652. The van der Waals surface area contributed by atoms with Gasteiger partial charge in [0.25, 0.3) is 0 Å². The Morgan fingerprint density at radius 1 is 1.24 bits per heavy atom. The smallest absolute Gasteiger partial charge is 0.0589 e. The Balaban J connectivity index is 3.94. The first kappa shape index (κ1) is 16.9. The second-order valence-electron chi connectivity index (χ2n) is 5.05. The second-order valence-corrected chi connectivity index (χ2v) is 5.05. The summed E-state index contributed by atoms with van der Waals surface area (Å²) in [5, 5.41) is 3.50. The van der Waals surface area contributed by atoms with Gasteiger partial charge in [-0.3, -0.25) is 4.90 Å². The number of nitrogens with zero attached hydrogens (tertiary/aromatic N) is 1. The highest BCUT2D eigenvalue weighted by molar-refractivity contribution is 4.70. The van der Waals surface area contributed by atoms with E-state index in [2.05, 4.69) is 37.9 Å². The minimum atomic E-state index is 0.652. The average Bonchev–Trinajstić information content (AvgIpc) is 2.33. The molecule has 0 spiro atoms. The van der Waals surface area contributed by atoms with Crippen molar-refractivity contribution in [3.05, 3.63) is 0 Å². The molecule has 0 aromatic heterocycles. The van der Waals surface area contributed by atoms with Crippen LogP contribution >= 0.6 is 0 Å². The number of nitrogens with one attached hydrogen (secondary N) is 1. The van der Waals surface area contributed by atoms with Crippen molar-refractivity contribution in [1.29, 1.82) is 0 Å². The van der Waals surface area contributed by atoms with Crippen LogP contribution in [0.4, 0.5) is 0 Å². The molecule has 0 saturated carbocycles. The molecule has 0 radical (unpaired) electrons. The lowest BCUT2D eigenvalue weighted by atomic mass is 10.1. The molecule has 0 amide bonds. The SMILES string of the molecule is CCCNCC(C)CN(CCOC)C(C)CC. The van der Waals surface area contributed by atoms with Crippen LogP contribution in [0.1, 0.15) is 40.5 Å². The van der Waals surface area contributed by atoms with Crippen molar-refractivity contribution >= 4 is 0 Å². The van der Waals surface area contributed by atoms with Gasteiger partial charge in [-0.2, -0.15) is 0 Å². The van der Waals surface area contributed by atoms with E-state index in [0.29, 0.717) is 12.0 Å². The summed E-state index contributed by atoms with van der Waals surface area (Å²) < 4.78 is 5.19. The van der Waals surface area contributed by atoms with Gasteiger partial charge in [-0.25, -0.2) is 0 Å². The van der Waals surface area contributed by atoms with Crippen LogP contribution in [0, 0.1) is 5.92 Å². The topological polar surface area (TPSA) is 24.5 Å². The molecular formula is C14H32N2O. The third kappa shape index (κ3) is 8.58. The van der Waals surface area contributed by atoms with Crippen molar-refractivity contribution in [2.75, 3.05) is 39.9 Å². The first-order chi connectivity index (χ1) is 8.15. The largest absolute Gasteiger partial charge is 0.383 e. The van der Waals surface area contributed by atoms with Gasteiger partial charge >= 0.3 is 0 Å². The number of methoxy groups -OCH3 is 1. The van der Waals surface area contributed by atoms with Crippen molar-refractivity contribution in [2.24, 2.45) is 5.92 Å². The summed E-state index contributed by atoms with van der Waals surface area (Å²) in [6.07, 6.45) is 2.42. The molecule has 0 aromatic rings. The van der Waals surface area contributed by atoms with Crippen LogP contribution in [0.2, 0.25) is 0 Å². The van der Waals surface area contributed by atoms with Gasteiger partial charge in [0, 0.05) is 26.2 Å². The molecular weight excluding hydrogens is 212 g/mol. The zero-order chi connectivity index (χ0) is 13.1. The minimum Gasteiger partial charge on any atom is -0.383 e. The van der Waals surface area contributed by atoms with E-state index in [9.17, 15) is 0 Å². The molecule has 0 aromatic carbocycles. The lowest BCUT2D eigenvalue weighted by Crippen LogP contribution is -2.40. The van der Waals surface area contributed by atoms with Gasteiger partial charge < -0.3 is 10.1 Å². The summed E-state index contributed by atoms with van der Waals surface area (Å²) >= 11 is 0. The Kier molecular flexibility index (Phi) is 10.9. The van der Waals surface area contributed by atoms with Gasteiger partial charge in [-0.15, -0.1) is 0 Å². The van der Waals surface area contributed by atoms with E-state index < -0.39 is 0 Å². The van der Waals surface area contributed by atoms with Gasteiger partial charge in [0.2, 0.25) is 0 Å². The molecule has 0 rings (SSSR count). The molecule has 0 saturated heterocycles. The van der Waals surface area contributed by atoms with Crippen molar-refractivity contribution in [2.45, 2.75) is 46.6 Å². The molecule has 2 unspecified atom stereocenters. The van der Waals surface area contributed by atoms with Crippen molar-refractivity contribution in [3.63, 3.8) is 0 Å². The van der Waals surface area contributed by atoms with E-state index in [0.717, 1.165) is 32.8 Å². The van der Waals surface area contributed by atoms with Crippen molar-refractivity contribution in [3.8, 4) is 0 Å². The molecule has 0 aliphatic carbocycles. The lowest BCUT2D eigenvalue weighted by molar-refractivity contribution is 0.111. The zero-order valence-corrected chi connectivity index (χ0v) is 12.5. The highest BCUT2D eigenvalue weighted by atomic mass is 16.5. The molecule has 2 atom stereocenters. The molecule has 0 aliphatic heterocycles. The maximum atomic E-state index is 5.19. The fourth-order valence-electron chi connectivity index (χ4n) is 1.95. The van der Waals surface area contributed by atoms with Crippen LogP contribution in [-0.2, 0) is 4.74 Å². The third-order valence-electron chi connectivity index (χ3n) is 3.26. The normalized spacial score (nSPS) is 15.2. The fraction of sp³-hybridized carbons (Fsp3) is 1.00. The molecule has 3 nitrogen and oxygen atoms in total. The summed E-state index contributed by atoms with van der Waals surface area (Å²) in [7, 11) is 1.78. The Morgan fingerprint density at radius 2 is 1.94 bits per heavy atom. The first-order valence-corrected chi connectivity index (χ1v) is 7.09. The van der Waals surface area contributed by atoms with Gasteiger partial charge in [0.15, 0.2) is 0 Å². The molecule has 0 heterocycles. The van der Waals surface area contributed by atoms with E-state index >= 15 is 0 Å². The van der Waals surface area contributed by atoms with E-state index in [1.165, 1.54) is 12.8 Å². The fourth-order valence-corrected chi connectivity index (χ4v) is 1.95. The highest BCUT2D eigenvalue weighted by Crippen LogP contribution is 2.07. The summed E-state index contributed by atoms with van der Waals surface area (Å²) in [5.74, 6) is 0.701. The van der Waals surface area contributed by atoms with Gasteiger partial charge in [0.05, 0.1) is 6.61 Å². The van der Waals surface area contributed by atoms with Crippen molar-refractivity contribution in [1.82, 2.24) is 10.2 Å². The second kappa shape index (κ2) is 11.0. The summed E-state index contributed by atoms with van der Waals surface area (Å²) in [5.41, 5.74) is 0. The van der Waals surface area contributed by atoms with Gasteiger partial charge in [0.1, 0.15) is 0 Å². The van der Waals surface area contributed by atoms with E-state index in [1.807, 2.05) is 0 Å². The highest BCUT2D eigenvalue weighted by Gasteiger charge is 2.14. The molecule has 0 fully saturated rings. The lowest BCUT2D eigenvalue weighted by Gasteiger charge is -2.30. The van der Waals surface area contributed by atoms with Crippen LogP contribution in [0.5, 0.6) is 0 Å². The van der Waals surface area contributed by atoms with Crippen LogP contribution in [-0.4, -0.2) is 50.8 Å². The Labute approximate surface area is 108 Å². The van der Waals surface area contributed by atoms with Crippen LogP contribution in [0.25, 0.3) is 0 Å². The van der Waals surface area contributed by atoms with Crippen molar-refractivity contribution < 1.29 is 4.74 Å². The number of hydrogen-bond donors (Lipinski definition) is 1. The van der Waals surface area contributed by atoms with E-state index in [4.69, 9.17) is 4.74 Å². The summed E-state index contributed by atoms with van der Waals surface area (Å²) in [6, 6.07) is 0.652. The average molecular weight is 244 g/mol. The Hall–Kier alpha value is -0.120. The van der Waals surface area contributed by atoms with Crippen LogP contribution in [0.15, 0.2) is 0 Å². The predicted octanol–water partition coefficient (Wildman–Crippen LogP) is 2.37. The van der Waals surface area contributed by atoms with E-state index in [1.54, 1.807) is 7.11 Å². The van der Waals surface area contributed by atoms with Crippen LogP contribution < -0.4 is 5.32 Å². The maximum absolute atomic E-state index is 5.19. The molecule has 0 bridgehead atoms. The molecule has 0 aliphatic rings. The summed E-state index contributed by atoms with van der Waals surface area (Å²) in [4.78, 5) is 2.54. The third-order valence-corrected chi connectivity index (χ3v) is 3.26. The molecule has 104 valence electrons. The Morgan fingerprint density at radius 3 is 2.47 bits per heavy atom. The molecule has 1 N–H and O–H groups in total. The molecule has 17 heavy (non-hydrogen) atoms. The van der Waals surface area contributed by atoms with Crippen LogP contribution in [0.3, 0.4) is 0 Å². The maximum Gasteiger partial charge on any atom is 0.0589 e. The number of ether oxygens (including phenoxy) is 1. The zero-order valence-electron chi connectivity index (χ0n) is 12.5. The number of hydrogen-bond acceptors (Lipinski definition) is 3. The first-order valence-electron chi connectivity index (χ1n) is 7.09. The quantitative estimate of drug-likeness (QED) is 0.565. The standard InChI is InChI=1S/C14H32N2O/c1-6-8-15-11-13(3)12-16(9-10-17-5)14(4)7-2/h13-15H,6-12H2,1-5H3. The molecule has 3 heteroatoms. The summed E-state index contributed by atoms with van der Waals surface area (Å²) in [6.45, 7) is 14.4. The Bertz CT molecular complexity index is 164.